The van der Waals surface area contributed by atoms with E-state index in [1.807, 2.05) is 6.07 Å². The Morgan fingerprint density at radius 3 is 2.86 bits per heavy atom. The van der Waals surface area contributed by atoms with E-state index in [0.717, 1.165) is 0 Å². The number of nitrogens with zero attached hydrogens (tertiary/aromatic N) is 2. The zero-order valence-electron chi connectivity index (χ0n) is 7.49. The molecule has 1 aromatic carbocycles. The van der Waals surface area contributed by atoms with Gasteiger partial charge >= 0.3 is 0 Å². The first kappa shape index (κ1) is 9.02. The SMILES string of the molecule is COc1cccc2nc(Cl)c(N)nc12. The zero-order chi connectivity index (χ0) is 10.1. The van der Waals surface area contributed by atoms with Gasteiger partial charge in [0.2, 0.25) is 0 Å². The van der Waals surface area contributed by atoms with Crippen LogP contribution in [0, 0.1) is 0 Å². The lowest BCUT2D eigenvalue weighted by Gasteiger charge is -2.04. The maximum Gasteiger partial charge on any atom is 0.171 e. The van der Waals surface area contributed by atoms with Crippen LogP contribution >= 0.6 is 11.6 Å². The maximum absolute atomic E-state index is 5.74. The fraction of sp³-hybridized carbons (Fsp3) is 0.111. The van der Waals surface area contributed by atoms with E-state index in [-0.39, 0.29) is 11.0 Å². The molecule has 72 valence electrons. The molecule has 0 saturated carbocycles. The molecule has 2 aromatic rings. The van der Waals surface area contributed by atoms with Crippen LogP contribution in [0.3, 0.4) is 0 Å². The van der Waals surface area contributed by atoms with Gasteiger partial charge in [-0.25, -0.2) is 9.97 Å². The molecule has 4 nitrogen and oxygen atoms in total. The molecule has 1 aromatic heterocycles. The predicted molar refractivity (Wildman–Crippen MR) is 55.5 cm³/mol. The Labute approximate surface area is 85.7 Å². The molecule has 14 heavy (non-hydrogen) atoms. The lowest BCUT2D eigenvalue weighted by atomic mass is 10.3. The lowest BCUT2D eigenvalue weighted by molar-refractivity contribution is 0.419. The Morgan fingerprint density at radius 1 is 1.36 bits per heavy atom. The van der Waals surface area contributed by atoms with Crippen molar-refractivity contribution >= 4 is 28.5 Å². The summed E-state index contributed by atoms with van der Waals surface area (Å²) >= 11 is 5.74. The van der Waals surface area contributed by atoms with Crippen LogP contribution in [0.1, 0.15) is 0 Å². The summed E-state index contributed by atoms with van der Waals surface area (Å²) in [6.07, 6.45) is 0. The molecular weight excluding hydrogens is 202 g/mol. The Hall–Kier alpha value is -1.55. The topological polar surface area (TPSA) is 61.0 Å². The second kappa shape index (κ2) is 3.31. The number of nitrogen functional groups attached to an aromatic ring is 1. The maximum atomic E-state index is 5.74. The molecule has 0 atom stereocenters. The summed E-state index contributed by atoms with van der Waals surface area (Å²) in [5, 5.41) is 0.214. The monoisotopic (exact) mass is 209 g/mol. The zero-order valence-corrected chi connectivity index (χ0v) is 8.25. The van der Waals surface area contributed by atoms with Crippen LogP contribution in [-0.4, -0.2) is 17.1 Å². The standard InChI is InChI=1S/C9H8ClN3O/c1-14-6-4-2-3-5-7(6)13-9(11)8(10)12-5/h2-4H,1H3,(H2,11,13). The van der Waals surface area contributed by atoms with Crippen molar-refractivity contribution in [2.24, 2.45) is 0 Å². The summed E-state index contributed by atoms with van der Waals surface area (Å²) in [6.45, 7) is 0. The molecule has 5 heteroatoms. The van der Waals surface area contributed by atoms with E-state index in [2.05, 4.69) is 9.97 Å². The number of nitrogens with two attached hydrogens (primary N) is 1. The number of hydrogen-bond donors (Lipinski definition) is 1. The van der Waals surface area contributed by atoms with Crippen LogP contribution < -0.4 is 10.5 Å². The first-order chi connectivity index (χ1) is 6.72. The summed E-state index contributed by atoms with van der Waals surface area (Å²) in [5.41, 5.74) is 6.84. The number of rotatable bonds is 1. The Kier molecular flexibility index (Phi) is 2.13. The molecule has 0 radical (unpaired) electrons. The third kappa shape index (κ3) is 1.33. The van der Waals surface area contributed by atoms with Crippen LogP contribution in [0.15, 0.2) is 18.2 Å². The van der Waals surface area contributed by atoms with Gasteiger partial charge in [-0.2, -0.15) is 0 Å². The number of ether oxygens (including phenoxy) is 1. The normalized spacial score (nSPS) is 10.4. The molecule has 2 rings (SSSR count). The summed E-state index contributed by atoms with van der Waals surface area (Å²) in [7, 11) is 1.57. The molecule has 0 bridgehead atoms. The molecule has 1 heterocycles. The highest BCUT2D eigenvalue weighted by atomic mass is 35.5. The number of methoxy groups -OCH3 is 1. The Balaban J connectivity index is 2.81. The number of para-hydroxylation sites is 1. The van der Waals surface area contributed by atoms with Crippen molar-refractivity contribution < 1.29 is 4.74 Å². The number of aromatic nitrogens is 2. The second-order valence-electron chi connectivity index (χ2n) is 2.73. The van der Waals surface area contributed by atoms with Crippen LogP contribution in [0.2, 0.25) is 5.15 Å². The minimum absolute atomic E-state index is 0.212. The van der Waals surface area contributed by atoms with Crippen LogP contribution in [0.25, 0.3) is 11.0 Å². The average Bonchev–Trinajstić information content (AvgIpc) is 2.19. The number of fused-ring (bicyclic) bond motifs is 1. The van der Waals surface area contributed by atoms with Crippen molar-refractivity contribution in [3.63, 3.8) is 0 Å². The van der Waals surface area contributed by atoms with E-state index in [0.29, 0.717) is 16.8 Å². The summed E-state index contributed by atoms with van der Waals surface area (Å²) in [6, 6.07) is 5.42. The fourth-order valence-electron chi connectivity index (χ4n) is 1.21. The fourth-order valence-corrected chi connectivity index (χ4v) is 1.34. The number of anilines is 1. The molecule has 2 N–H and O–H groups in total. The molecule has 0 amide bonds. The third-order valence-electron chi connectivity index (χ3n) is 1.86. The Bertz CT molecular complexity index is 487. The summed E-state index contributed by atoms with van der Waals surface area (Å²) < 4.78 is 5.12. The smallest absolute Gasteiger partial charge is 0.171 e. The molecule has 0 aliphatic heterocycles. The van der Waals surface area contributed by atoms with Crippen molar-refractivity contribution in [2.75, 3.05) is 12.8 Å². The molecule has 0 aliphatic rings. The van der Waals surface area contributed by atoms with Crippen molar-refractivity contribution in [3.8, 4) is 5.75 Å². The van der Waals surface area contributed by atoms with Gasteiger partial charge in [-0.05, 0) is 12.1 Å². The van der Waals surface area contributed by atoms with E-state index >= 15 is 0 Å². The van der Waals surface area contributed by atoms with E-state index < -0.39 is 0 Å². The molecule has 0 unspecified atom stereocenters. The van der Waals surface area contributed by atoms with Gasteiger partial charge in [0.1, 0.15) is 11.3 Å². The summed E-state index contributed by atoms with van der Waals surface area (Å²) in [4.78, 5) is 8.19. The first-order valence-electron chi connectivity index (χ1n) is 3.98. The molecule has 0 saturated heterocycles. The van der Waals surface area contributed by atoms with E-state index in [1.54, 1.807) is 19.2 Å². The van der Waals surface area contributed by atoms with E-state index in [4.69, 9.17) is 22.1 Å². The van der Waals surface area contributed by atoms with Crippen molar-refractivity contribution in [2.45, 2.75) is 0 Å². The second-order valence-corrected chi connectivity index (χ2v) is 3.09. The van der Waals surface area contributed by atoms with Crippen LogP contribution in [-0.2, 0) is 0 Å². The first-order valence-corrected chi connectivity index (χ1v) is 4.36. The number of halogens is 1. The Morgan fingerprint density at radius 2 is 2.14 bits per heavy atom. The molecular formula is C9H8ClN3O. The molecule has 0 fully saturated rings. The van der Waals surface area contributed by atoms with Crippen LogP contribution in [0.4, 0.5) is 5.82 Å². The highest BCUT2D eigenvalue weighted by Gasteiger charge is 2.07. The van der Waals surface area contributed by atoms with Crippen molar-refractivity contribution in [1.82, 2.24) is 9.97 Å². The largest absolute Gasteiger partial charge is 0.494 e. The lowest BCUT2D eigenvalue weighted by Crippen LogP contribution is -1.96. The van der Waals surface area contributed by atoms with Gasteiger partial charge in [-0.15, -0.1) is 0 Å². The quantitative estimate of drug-likeness (QED) is 0.779. The van der Waals surface area contributed by atoms with Gasteiger partial charge in [0.25, 0.3) is 0 Å². The van der Waals surface area contributed by atoms with Gasteiger partial charge in [0.05, 0.1) is 12.6 Å². The van der Waals surface area contributed by atoms with Crippen molar-refractivity contribution in [1.29, 1.82) is 0 Å². The van der Waals surface area contributed by atoms with Gasteiger partial charge in [-0.1, -0.05) is 17.7 Å². The highest BCUT2D eigenvalue weighted by Crippen LogP contribution is 2.25. The average molecular weight is 210 g/mol. The number of hydrogen-bond acceptors (Lipinski definition) is 4. The van der Waals surface area contributed by atoms with Crippen LogP contribution in [0.5, 0.6) is 5.75 Å². The predicted octanol–water partition coefficient (Wildman–Crippen LogP) is 1.87. The van der Waals surface area contributed by atoms with Gasteiger partial charge in [0.15, 0.2) is 11.0 Å². The summed E-state index contributed by atoms with van der Waals surface area (Å²) in [5.74, 6) is 0.849. The highest BCUT2D eigenvalue weighted by molar-refractivity contribution is 6.31. The minimum Gasteiger partial charge on any atom is -0.494 e. The van der Waals surface area contributed by atoms with Gasteiger partial charge < -0.3 is 10.5 Å². The van der Waals surface area contributed by atoms with E-state index in [9.17, 15) is 0 Å². The van der Waals surface area contributed by atoms with Crippen molar-refractivity contribution in [3.05, 3.63) is 23.4 Å². The number of benzene rings is 1. The van der Waals surface area contributed by atoms with Gasteiger partial charge in [-0.3, -0.25) is 0 Å². The minimum atomic E-state index is 0.212. The van der Waals surface area contributed by atoms with E-state index in [1.165, 1.54) is 0 Å². The molecule has 0 aliphatic carbocycles. The van der Waals surface area contributed by atoms with Gasteiger partial charge in [0, 0.05) is 0 Å². The third-order valence-corrected chi connectivity index (χ3v) is 2.14. The molecule has 0 spiro atoms.